The van der Waals surface area contributed by atoms with Crippen LogP contribution in [0.5, 0.6) is 0 Å². The fourth-order valence-corrected chi connectivity index (χ4v) is 2.51. The van der Waals surface area contributed by atoms with Crippen molar-refractivity contribution in [2.75, 3.05) is 24.5 Å². The van der Waals surface area contributed by atoms with Gasteiger partial charge >= 0.3 is 0 Å². The van der Waals surface area contributed by atoms with E-state index in [2.05, 4.69) is 55.3 Å². The predicted octanol–water partition coefficient (Wildman–Crippen LogP) is 3.00. The van der Waals surface area contributed by atoms with E-state index >= 15 is 0 Å². The average Bonchev–Trinajstić information content (AvgIpc) is 2.54. The summed E-state index contributed by atoms with van der Waals surface area (Å²) in [6, 6.07) is 9.49. The summed E-state index contributed by atoms with van der Waals surface area (Å²) in [4.78, 5) is 2.53. The number of nitrogens with one attached hydrogen (secondary N) is 1. The summed E-state index contributed by atoms with van der Waals surface area (Å²) >= 11 is 0. The number of rotatable bonds is 2. The number of benzene rings is 1. The lowest BCUT2D eigenvalue weighted by molar-refractivity contribution is 0.566. The molecule has 1 saturated heterocycles. The Labute approximate surface area is 105 Å². The third-order valence-electron chi connectivity index (χ3n) is 3.61. The molecular weight excluding hydrogens is 208 g/mol. The molecule has 0 spiro atoms. The van der Waals surface area contributed by atoms with Gasteiger partial charge in [-0.2, -0.15) is 0 Å². The highest BCUT2D eigenvalue weighted by Crippen LogP contribution is 2.27. The Hall–Kier alpha value is -1.02. The van der Waals surface area contributed by atoms with Gasteiger partial charge in [0.25, 0.3) is 0 Å². The van der Waals surface area contributed by atoms with Gasteiger partial charge in [0.15, 0.2) is 0 Å². The quantitative estimate of drug-likeness (QED) is 0.843. The van der Waals surface area contributed by atoms with Crippen LogP contribution in [0.4, 0.5) is 5.69 Å². The predicted molar refractivity (Wildman–Crippen MR) is 74.8 cm³/mol. The molecule has 1 aliphatic rings. The first kappa shape index (κ1) is 12.4. The second-order valence-corrected chi connectivity index (χ2v) is 5.34. The van der Waals surface area contributed by atoms with Crippen molar-refractivity contribution in [3.63, 3.8) is 0 Å². The van der Waals surface area contributed by atoms with Crippen LogP contribution in [0.2, 0.25) is 0 Å². The maximum Gasteiger partial charge on any atom is 0.0401 e. The van der Waals surface area contributed by atoms with Crippen LogP contribution in [-0.4, -0.2) is 25.7 Å². The number of anilines is 1. The van der Waals surface area contributed by atoms with Crippen molar-refractivity contribution >= 4 is 5.69 Å². The zero-order chi connectivity index (χ0) is 12.3. The molecule has 0 amide bonds. The standard InChI is InChI=1S/C15H24N2/c1-12(2)14-6-4-5-7-15(14)17-10-8-13(3)16-9-11-17/h4-7,12-13,16H,8-11H2,1-3H3. The van der Waals surface area contributed by atoms with Gasteiger partial charge in [-0.1, -0.05) is 32.0 Å². The summed E-state index contributed by atoms with van der Waals surface area (Å²) in [5, 5.41) is 3.55. The maximum absolute atomic E-state index is 3.55. The van der Waals surface area contributed by atoms with Crippen molar-refractivity contribution in [3.05, 3.63) is 29.8 Å². The largest absolute Gasteiger partial charge is 0.370 e. The Morgan fingerprint density at radius 3 is 2.76 bits per heavy atom. The Bertz CT molecular complexity index is 360. The molecular formula is C15H24N2. The molecule has 2 heteroatoms. The molecule has 2 rings (SSSR count). The minimum Gasteiger partial charge on any atom is -0.370 e. The van der Waals surface area contributed by atoms with E-state index in [1.807, 2.05) is 0 Å². The van der Waals surface area contributed by atoms with Crippen LogP contribution >= 0.6 is 0 Å². The van der Waals surface area contributed by atoms with Crippen LogP contribution in [0.1, 0.15) is 38.7 Å². The lowest BCUT2D eigenvalue weighted by Crippen LogP contribution is -2.29. The van der Waals surface area contributed by atoms with E-state index in [1.165, 1.54) is 17.7 Å². The van der Waals surface area contributed by atoms with E-state index in [0.29, 0.717) is 12.0 Å². The van der Waals surface area contributed by atoms with Crippen LogP contribution < -0.4 is 10.2 Å². The van der Waals surface area contributed by atoms with Gasteiger partial charge in [-0.15, -0.1) is 0 Å². The topological polar surface area (TPSA) is 15.3 Å². The van der Waals surface area contributed by atoms with Crippen LogP contribution in [0, 0.1) is 0 Å². The van der Waals surface area contributed by atoms with Crippen LogP contribution in [0.25, 0.3) is 0 Å². The number of para-hydroxylation sites is 1. The van der Waals surface area contributed by atoms with E-state index in [-0.39, 0.29) is 0 Å². The number of hydrogen-bond acceptors (Lipinski definition) is 2. The van der Waals surface area contributed by atoms with Crippen molar-refractivity contribution in [3.8, 4) is 0 Å². The summed E-state index contributed by atoms with van der Waals surface area (Å²) < 4.78 is 0. The Balaban J connectivity index is 2.21. The van der Waals surface area contributed by atoms with Gasteiger partial charge in [-0.05, 0) is 30.9 Å². The second kappa shape index (κ2) is 5.54. The summed E-state index contributed by atoms with van der Waals surface area (Å²) in [6.45, 7) is 10.2. The van der Waals surface area contributed by atoms with E-state index < -0.39 is 0 Å². The summed E-state index contributed by atoms with van der Waals surface area (Å²) in [7, 11) is 0. The molecule has 0 aliphatic carbocycles. The Morgan fingerprint density at radius 2 is 2.00 bits per heavy atom. The van der Waals surface area contributed by atoms with Gasteiger partial charge in [0.1, 0.15) is 0 Å². The van der Waals surface area contributed by atoms with Gasteiger partial charge in [0.05, 0.1) is 0 Å². The lowest BCUT2D eigenvalue weighted by Gasteiger charge is -2.26. The number of nitrogens with zero attached hydrogens (tertiary/aromatic N) is 1. The molecule has 1 unspecified atom stereocenters. The fourth-order valence-electron chi connectivity index (χ4n) is 2.51. The van der Waals surface area contributed by atoms with E-state index in [9.17, 15) is 0 Å². The first-order chi connectivity index (χ1) is 8.18. The molecule has 0 aromatic heterocycles. The molecule has 17 heavy (non-hydrogen) atoms. The van der Waals surface area contributed by atoms with E-state index in [4.69, 9.17) is 0 Å². The van der Waals surface area contributed by atoms with Crippen molar-refractivity contribution in [2.24, 2.45) is 0 Å². The molecule has 0 bridgehead atoms. The third-order valence-corrected chi connectivity index (χ3v) is 3.61. The normalized spacial score (nSPS) is 21.6. The highest BCUT2D eigenvalue weighted by atomic mass is 15.2. The van der Waals surface area contributed by atoms with Crippen LogP contribution in [-0.2, 0) is 0 Å². The van der Waals surface area contributed by atoms with Gasteiger partial charge in [-0.25, -0.2) is 0 Å². The first-order valence-electron chi connectivity index (χ1n) is 6.75. The van der Waals surface area contributed by atoms with Crippen LogP contribution in [0.15, 0.2) is 24.3 Å². The van der Waals surface area contributed by atoms with E-state index in [1.54, 1.807) is 0 Å². The van der Waals surface area contributed by atoms with Crippen molar-refractivity contribution in [1.82, 2.24) is 5.32 Å². The molecule has 2 nitrogen and oxygen atoms in total. The van der Waals surface area contributed by atoms with Gasteiger partial charge in [-0.3, -0.25) is 0 Å². The lowest BCUT2D eigenvalue weighted by atomic mass is 10.0. The molecule has 1 aliphatic heterocycles. The number of hydrogen-bond donors (Lipinski definition) is 1. The molecule has 1 N–H and O–H groups in total. The third kappa shape index (κ3) is 3.01. The van der Waals surface area contributed by atoms with Crippen molar-refractivity contribution < 1.29 is 0 Å². The monoisotopic (exact) mass is 232 g/mol. The molecule has 0 saturated carbocycles. The first-order valence-corrected chi connectivity index (χ1v) is 6.75. The molecule has 94 valence electrons. The van der Waals surface area contributed by atoms with Crippen molar-refractivity contribution in [2.45, 2.75) is 39.2 Å². The molecule has 1 aromatic carbocycles. The minimum atomic E-state index is 0.597. The zero-order valence-electron chi connectivity index (χ0n) is 11.2. The van der Waals surface area contributed by atoms with Crippen molar-refractivity contribution in [1.29, 1.82) is 0 Å². The molecule has 1 fully saturated rings. The highest BCUT2D eigenvalue weighted by molar-refractivity contribution is 5.55. The zero-order valence-corrected chi connectivity index (χ0v) is 11.2. The summed E-state index contributed by atoms with van der Waals surface area (Å²) in [5.41, 5.74) is 2.90. The second-order valence-electron chi connectivity index (χ2n) is 5.34. The maximum atomic E-state index is 3.55. The molecule has 1 atom stereocenters. The highest BCUT2D eigenvalue weighted by Gasteiger charge is 2.16. The average molecular weight is 232 g/mol. The molecule has 1 heterocycles. The van der Waals surface area contributed by atoms with E-state index in [0.717, 1.165) is 19.6 Å². The Morgan fingerprint density at radius 1 is 1.24 bits per heavy atom. The summed E-state index contributed by atoms with van der Waals surface area (Å²) in [5.74, 6) is 0.597. The molecule has 0 radical (unpaired) electrons. The fraction of sp³-hybridized carbons (Fsp3) is 0.600. The SMILES string of the molecule is CC1CCN(c2ccccc2C(C)C)CCN1. The van der Waals surface area contributed by atoms with Gasteiger partial charge in [0.2, 0.25) is 0 Å². The van der Waals surface area contributed by atoms with Gasteiger partial charge < -0.3 is 10.2 Å². The molecule has 1 aromatic rings. The van der Waals surface area contributed by atoms with Crippen LogP contribution in [0.3, 0.4) is 0 Å². The Kier molecular flexibility index (Phi) is 4.06. The smallest absolute Gasteiger partial charge is 0.0401 e. The minimum absolute atomic E-state index is 0.597. The summed E-state index contributed by atoms with van der Waals surface area (Å²) in [6.07, 6.45) is 1.23. The van der Waals surface area contributed by atoms with Gasteiger partial charge in [0, 0.05) is 31.4 Å².